The van der Waals surface area contributed by atoms with Gasteiger partial charge in [0, 0.05) is 43.9 Å². The molecule has 13 heteroatoms. The van der Waals surface area contributed by atoms with Crippen LogP contribution in [-0.4, -0.2) is 74.2 Å². The van der Waals surface area contributed by atoms with E-state index in [4.69, 9.17) is 0 Å². The number of fused-ring (bicyclic) bond motifs is 1. The molecule has 1 spiro atoms. The number of anilines is 1. The van der Waals surface area contributed by atoms with E-state index in [1.165, 1.54) is 17.4 Å². The standard InChI is InChI=1S/C21H20F3N7O3/c1-30(19(33)29-12-4-14(8-25-7-12)34-21(22,23)24)13-5-20(6-13)9-31(10-20)18(32)16-15-2-3-26-17(15)28-11-27-16/h2-4,7-8,11,13H,5-6,9-10H2,1H3,(H,29,33)(H,26,27,28). The average Bonchev–Trinajstić information content (AvgIpc) is 3.19. The molecular formula is C21H20F3N7O3. The number of pyridine rings is 1. The Hall–Kier alpha value is -3.90. The maximum Gasteiger partial charge on any atom is 0.573 e. The minimum absolute atomic E-state index is 0.0405. The number of ether oxygens (including phenoxy) is 1. The second-order valence-corrected chi connectivity index (χ2v) is 8.68. The van der Waals surface area contributed by atoms with Crippen molar-refractivity contribution < 1.29 is 27.5 Å². The van der Waals surface area contributed by atoms with Gasteiger partial charge in [0.2, 0.25) is 0 Å². The van der Waals surface area contributed by atoms with Gasteiger partial charge in [-0.15, -0.1) is 13.2 Å². The van der Waals surface area contributed by atoms with Crippen molar-refractivity contribution in [3.05, 3.63) is 42.7 Å². The number of likely N-dealkylation sites (tertiary alicyclic amines) is 1. The molecule has 3 aromatic rings. The first-order valence-electron chi connectivity index (χ1n) is 10.4. The molecule has 0 radical (unpaired) electrons. The molecule has 10 nitrogen and oxygen atoms in total. The Bertz CT molecular complexity index is 1250. The summed E-state index contributed by atoms with van der Waals surface area (Å²) in [6.07, 6.45) is 1.81. The van der Waals surface area contributed by atoms with Gasteiger partial charge >= 0.3 is 12.4 Å². The van der Waals surface area contributed by atoms with E-state index in [0.717, 1.165) is 25.1 Å². The molecule has 4 heterocycles. The number of urea groups is 1. The Labute approximate surface area is 191 Å². The summed E-state index contributed by atoms with van der Waals surface area (Å²) < 4.78 is 41.0. The smallest absolute Gasteiger partial charge is 0.404 e. The SMILES string of the molecule is CN(C(=O)Nc1cncc(OC(F)(F)F)c1)C1CC2(C1)CN(C(=O)c1ncnc3[nH]ccc13)C2. The maximum atomic E-state index is 12.9. The molecule has 0 bridgehead atoms. The Morgan fingerprint density at radius 1 is 1.26 bits per heavy atom. The van der Waals surface area contributed by atoms with Crippen molar-refractivity contribution in [3.8, 4) is 5.75 Å². The molecule has 3 amide bonds. The summed E-state index contributed by atoms with van der Waals surface area (Å²) in [5.41, 5.74) is 1.02. The van der Waals surface area contributed by atoms with E-state index >= 15 is 0 Å². The van der Waals surface area contributed by atoms with Crippen LogP contribution in [0, 0.1) is 5.41 Å². The van der Waals surface area contributed by atoms with Crippen molar-refractivity contribution in [2.75, 3.05) is 25.5 Å². The Morgan fingerprint density at radius 2 is 2.03 bits per heavy atom. The first-order chi connectivity index (χ1) is 16.1. The summed E-state index contributed by atoms with van der Waals surface area (Å²) in [4.78, 5) is 43.6. The van der Waals surface area contributed by atoms with Crippen LogP contribution in [0.5, 0.6) is 5.75 Å². The second kappa shape index (κ2) is 7.85. The lowest BCUT2D eigenvalue weighted by atomic mass is 9.60. The minimum atomic E-state index is -4.85. The van der Waals surface area contributed by atoms with Crippen molar-refractivity contribution in [2.24, 2.45) is 5.41 Å². The van der Waals surface area contributed by atoms with E-state index in [1.807, 2.05) is 0 Å². The molecule has 2 aliphatic rings. The van der Waals surface area contributed by atoms with Crippen LogP contribution in [0.1, 0.15) is 23.3 Å². The van der Waals surface area contributed by atoms with Gasteiger partial charge in [-0.05, 0) is 18.9 Å². The Morgan fingerprint density at radius 3 is 2.76 bits per heavy atom. The first-order valence-corrected chi connectivity index (χ1v) is 10.4. The Balaban J connectivity index is 1.14. The lowest BCUT2D eigenvalue weighted by Crippen LogP contribution is -2.67. The summed E-state index contributed by atoms with van der Waals surface area (Å²) in [7, 11) is 1.63. The molecule has 2 N–H and O–H groups in total. The summed E-state index contributed by atoms with van der Waals surface area (Å²) in [5, 5.41) is 3.22. The number of nitrogens with one attached hydrogen (secondary N) is 2. The van der Waals surface area contributed by atoms with Crippen LogP contribution in [0.3, 0.4) is 0 Å². The average molecular weight is 475 g/mol. The predicted molar refractivity (Wildman–Crippen MR) is 113 cm³/mol. The van der Waals surface area contributed by atoms with E-state index in [-0.39, 0.29) is 23.1 Å². The number of alkyl halides is 3. The molecule has 3 aromatic heterocycles. The topological polar surface area (TPSA) is 116 Å². The van der Waals surface area contributed by atoms with Crippen LogP contribution in [0.2, 0.25) is 0 Å². The van der Waals surface area contributed by atoms with Crippen LogP contribution in [0.15, 0.2) is 37.1 Å². The zero-order valence-corrected chi connectivity index (χ0v) is 18.0. The number of H-pyrrole nitrogens is 1. The van der Waals surface area contributed by atoms with Crippen molar-refractivity contribution in [1.29, 1.82) is 0 Å². The molecule has 1 saturated heterocycles. The number of aromatic nitrogens is 4. The zero-order chi connectivity index (χ0) is 24.1. The van der Waals surface area contributed by atoms with E-state index in [1.54, 1.807) is 24.2 Å². The van der Waals surface area contributed by atoms with Gasteiger partial charge in [0.05, 0.1) is 23.5 Å². The molecule has 1 aliphatic heterocycles. The van der Waals surface area contributed by atoms with Gasteiger partial charge in [-0.3, -0.25) is 9.78 Å². The van der Waals surface area contributed by atoms with E-state index in [0.29, 0.717) is 29.8 Å². The zero-order valence-electron chi connectivity index (χ0n) is 18.0. The van der Waals surface area contributed by atoms with Crippen LogP contribution >= 0.6 is 0 Å². The lowest BCUT2D eigenvalue weighted by Gasteiger charge is -2.60. The molecular weight excluding hydrogens is 455 g/mol. The fourth-order valence-corrected chi connectivity index (χ4v) is 4.63. The molecule has 0 atom stereocenters. The number of aromatic amines is 1. The largest absolute Gasteiger partial charge is 0.573 e. The summed E-state index contributed by atoms with van der Waals surface area (Å²) >= 11 is 0. The Kier molecular flexibility index (Phi) is 5.06. The van der Waals surface area contributed by atoms with E-state index in [2.05, 4.69) is 30.0 Å². The number of amides is 3. The predicted octanol–water partition coefficient (Wildman–Crippen LogP) is 3.02. The molecule has 0 unspecified atom stereocenters. The van der Waals surface area contributed by atoms with Gasteiger partial charge in [-0.1, -0.05) is 0 Å². The third-order valence-electron chi connectivity index (χ3n) is 6.30. The van der Waals surface area contributed by atoms with Crippen molar-refractivity contribution in [2.45, 2.75) is 25.2 Å². The van der Waals surface area contributed by atoms with Gasteiger partial charge < -0.3 is 24.8 Å². The fraction of sp³-hybridized carbons (Fsp3) is 0.381. The monoisotopic (exact) mass is 475 g/mol. The van der Waals surface area contributed by atoms with Gasteiger partial charge in [0.1, 0.15) is 23.4 Å². The number of rotatable bonds is 4. The first kappa shape index (κ1) is 21.9. The lowest BCUT2D eigenvalue weighted by molar-refractivity contribution is -0.274. The van der Waals surface area contributed by atoms with Crippen LogP contribution in [0.4, 0.5) is 23.7 Å². The molecule has 1 saturated carbocycles. The highest BCUT2D eigenvalue weighted by Crippen LogP contribution is 2.50. The minimum Gasteiger partial charge on any atom is -0.404 e. The van der Waals surface area contributed by atoms with Gasteiger partial charge in [-0.25, -0.2) is 14.8 Å². The molecule has 2 fully saturated rings. The second-order valence-electron chi connectivity index (χ2n) is 8.68. The highest BCUT2D eigenvalue weighted by Gasteiger charge is 2.55. The van der Waals surface area contributed by atoms with Gasteiger partial charge in [0.25, 0.3) is 5.91 Å². The third kappa shape index (κ3) is 4.08. The maximum absolute atomic E-state index is 12.9. The summed E-state index contributed by atoms with van der Waals surface area (Å²) in [6, 6.07) is 2.31. The normalized spacial score (nSPS) is 17.2. The molecule has 178 valence electrons. The highest BCUT2D eigenvalue weighted by molar-refractivity contribution is 6.04. The van der Waals surface area contributed by atoms with Gasteiger partial charge in [0.15, 0.2) is 0 Å². The number of halogens is 3. The highest BCUT2D eigenvalue weighted by atomic mass is 19.4. The summed E-state index contributed by atoms with van der Waals surface area (Å²) in [6.45, 7) is 1.16. The molecule has 0 aromatic carbocycles. The van der Waals surface area contributed by atoms with Crippen LogP contribution in [-0.2, 0) is 0 Å². The van der Waals surface area contributed by atoms with Crippen LogP contribution < -0.4 is 10.1 Å². The van der Waals surface area contributed by atoms with Crippen molar-refractivity contribution in [1.82, 2.24) is 29.7 Å². The van der Waals surface area contributed by atoms with Crippen molar-refractivity contribution >= 4 is 28.7 Å². The molecule has 5 rings (SSSR count). The quantitative estimate of drug-likeness (QED) is 0.599. The van der Waals surface area contributed by atoms with Crippen LogP contribution in [0.25, 0.3) is 11.0 Å². The fourth-order valence-electron chi connectivity index (χ4n) is 4.63. The number of nitrogens with zero attached hydrogens (tertiary/aromatic N) is 5. The summed E-state index contributed by atoms with van der Waals surface area (Å²) in [5.74, 6) is -0.670. The molecule has 1 aliphatic carbocycles. The van der Waals surface area contributed by atoms with Crippen molar-refractivity contribution in [3.63, 3.8) is 0 Å². The number of carbonyl (C=O) groups is 2. The number of hydrogen-bond donors (Lipinski definition) is 2. The van der Waals surface area contributed by atoms with E-state index < -0.39 is 18.1 Å². The molecule has 34 heavy (non-hydrogen) atoms. The third-order valence-corrected chi connectivity index (χ3v) is 6.30. The number of hydrogen-bond acceptors (Lipinski definition) is 6. The van der Waals surface area contributed by atoms with Gasteiger partial charge in [-0.2, -0.15) is 0 Å². The van der Waals surface area contributed by atoms with E-state index in [9.17, 15) is 22.8 Å². The number of carbonyl (C=O) groups excluding carboxylic acids is 2.